The SMILES string of the molecule is COc1ccc(/C=C/C(=O)c2ccc(OC(F)F)c(OC)c2)cc1O. The van der Waals surface area contributed by atoms with Crippen LogP contribution in [0.5, 0.6) is 23.0 Å². The van der Waals surface area contributed by atoms with Gasteiger partial charge >= 0.3 is 6.61 Å². The molecule has 0 bridgehead atoms. The second-order valence-electron chi connectivity index (χ2n) is 4.87. The third kappa shape index (κ3) is 4.69. The first-order valence-electron chi connectivity index (χ1n) is 7.17. The number of rotatable bonds is 7. The van der Waals surface area contributed by atoms with E-state index in [4.69, 9.17) is 9.47 Å². The third-order valence-electron chi connectivity index (χ3n) is 3.29. The standard InChI is InChI=1S/C18H16F2O5/c1-23-15-7-4-11(9-14(15)22)3-6-13(21)12-5-8-16(25-18(19)20)17(10-12)24-2/h3-10,18,22H,1-2H3/b6-3+. The molecule has 7 heteroatoms. The van der Waals surface area contributed by atoms with E-state index in [0.717, 1.165) is 0 Å². The molecule has 0 aliphatic heterocycles. The van der Waals surface area contributed by atoms with Crippen LogP contribution in [0.4, 0.5) is 8.78 Å². The van der Waals surface area contributed by atoms with Gasteiger partial charge in [0.2, 0.25) is 0 Å². The molecule has 132 valence electrons. The topological polar surface area (TPSA) is 65.0 Å². The van der Waals surface area contributed by atoms with Crippen molar-refractivity contribution >= 4 is 11.9 Å². The monoisotopic (exact) mass is 350 g/mol. The quantitative estimate of drug-likeness (QED) is 0.606. The van der Waals surface area contributed by atoms with Crippen LogP contribution in [0.3, 0.4) is 0 Å². The van der Waals surface area contributed by atoms with Crippen LogP contribution >= 0.6 is 0 Å². The number of phenolic OH excluding ortho intramolecular Hbond substituents is 1. The zero-order valence-electron chi connectivity index (χ0n) is 13.5. The number of ketones is 1. The van der Waals surface area contributed by atoms with Crippen molar-refractivity contribution in [3.05, 3.63) is 53.6 Å². The summed E-state index contributed by atoms with van der Waals surface area (Å²) >= 11 is 0. The van der Waals surface area contributed by atoms with Crippen molar-refractivity contribution in [1.29, 1.82) is 0 Å². The zero-order chi connectivity index (χ0) is 18.4. The Hall–Kier alpha value is -3.09. The van der Waals surface area contributed by atoms with Gasteiger partial charge in [0.1, 0.15) is 0 Å². The molecule has 2 aromatic rings. The highest BCUT2D eigenvalue weighted by Gasteiger charge is 2.13. The lowest BCUT2D eigenvalue weighted by atomic mass is 10.1. The Bertz CT molecular complexity index is 787. The zero-order valence-corrected chi connectivity index (χ0v) is 13.5. The molecule has 2 aromatic carbocycles. The fourth-order valence-corrected chi connectivity index (χ4v) is 2.09. The molecule has 0 amide bonds. The molecular weight excluding hydrogens is 334 g/mol. The van der Waals surface area contributed by atoms with Crippen molar-refractivity contribution in [3.63, 3.8) is 0 Å². The lowest BCUT2D eigenvalue weighted by Crippen LogP contribution is -2.04. The van der Waals surface area contributed by atoms with Crippen molar-refractivity contribution in [2.24, 2.45) is 0 Å². The number of allylic oxidation sites excluding steroid dienone is 1. The van der Waals surface area contributed by atoms with E-state index in [0.29, 0.717) is 11.3 Å². The minimum absolute atomic E-state index is 0.0293. The highest BCUT2D eigenvalue weighted by atomic mass is 19.3. The smallest absolute Gasteiger partial charge is 0.387 e. The minimum atomic E-state index is -2.99. The van der Waals surface area contributed by atoms with Gasteiger partial charge in [-0.1, -0.05) is 12.1 Å². The van der Waals surface area contributed by atoms with Crippen molar-refractivity contribution < 1.29 is 32.9 Å². The van der Waals surface area contributed by atoms with Gasteiger partial charge in [0.05, 0.1) is 14.2 Å². The average molecular weight is 350 g/mol. The van der Waals surface area contributed by atoms with E-state index in [2.05, 4.69) is 4.74 Å². The molecule has 1 N–H and O–H groups in total. The fourth-order valence-electron chi connectivity index (χ4n) is 2.09. The Kier molecular flexibility index (Phi) is 5.94. The number of halogens is 2. The predicted octanol–water partition coefficient (Wildman–Crippen LogP) is 3.91. The first-order valence-corrected chi connectivity index (χ1v) is 7.17. The summed E-state index contributed by atoms with van der Waals surface area (Å²) in [5.74, 6) is -0.216. The van der Waals surface area contributed by atoms with Gasteiger partial charge in [0.25, 0.3) is 0 Å². The van der Waals surface area contributed by atoms with Crippen molar-refractivity contribution in [3.8, 4) is 23.0 Å². The van der Waals surface area contributed by atoms with Gasteiger partial charge in [-0.2, -0.15) is 8.78 Å². The third-order valence-corrected chi connectivity index (χ3v) is 3.29. The number of ether oxygens (including phenoxy) is 3. The molecule has 0 unspecified atom stereocenters. The number of carbonyl (C=O) groups is 1. The number of alkyl halides is 2. The first-order chi connectivity index (χ1) is 11.9. The van der Waals surface area contributed by atoms with Crippen LogP contribution in [0, 0.1) is 0 Å². The van der Waals surface area contributed by atoms with E-state index in [-0.39, 0.29) is 28.6 Å². The van der Waals surface area contributed by atoms with Crippen LogP contribution < -0.4 is 14.2 Å². The maximum Gasteiger partial charge on any atom is 0.387 e. The summed E-state index contributed by atoms with van der Waals surface area (Å²) in [6.45, 7) is -2.99. The molecule has 0 aromatic heterocycles. The Labute approximate surface area is 143 Å². The molecule has 0 saturated carbocycles. The lowest BCUT2D eigenvalue weighted by molar-refractivity contribution is -0.0512. The second kappa shape index (κ2) is 8.14. The molecular formula is C18H16F2O5. The van der Waals surface area contributed by atoms with Gasteiger partial charge in [0, 0.05) is 5.56 Å². The van der Waals surface area contributed by atoms with Crippen LogP contribution in [0.1, 0.15) is 15.9 Å². The van der Waals surface area contributed by atoms with Crippen LogP contribution in [0.15, 0.2) is 42.5 Å². The van der Waals surface area contributed by atoms with Gasteiger partial charge in [-0.25, -0.2) is 0 Å². The molecule has 0 spiro atoms. The summed E-state index contributed by atoms with van der Waals surface area (Å²) in [6, 6.07) is 8.60. The summed E-state index contributed by atoms with van der Waals surface area (Å²) in [7, 11) is 2.72. The lowest BCUT2D eigenvalue weighted by Gasteiger charge is -2.10. The molecule has 0 heterocycles. The summed E-state index contributed by atoms with van der Waals surface area (Å²) < 4.78 is 38.8. The number of aromatic hydroxyl groups is 1. The van der Waals surface area contributed by atoms with Crippen LogP contribution in [-0.4, -0.2) is 31.7 Å². The molecule has 0 fully saturated rings. The van der Waals surface area contributed by atoms with E-state index in [1.54, 1.807) is 12.1 Å². The summed E-state index contributed by atoms with van der Waals surface area (Å²) in [6.07, 6.45) is 2.81. The van der Waals surface area contributed by atoms with Gasteiger partial charge in [-0.05, 0) is 42.0 Å². The highest BCUT2D eigenvalue weighted by Crippen LogP contribution is 2.30. The second-order valence-corrected chi connectivity index (χ2v) is 4.87. The van der Waals surface area contributed by atoms with Gasteiger partial charge in [-0.3, -0.25) is 4.79 Å². The van der Waals surface area contributed by atoms with E-state index < -0.39 is 6.61 Å². The number of benzene rings is 2. The maximum atomic E-state index is 12.3. The minimum Gasteiger partial charge on any atom is -0.504 e. The molecule has 0 aliphatic carbocycles. The Morgan fingerprint density at radius 1 is 1.04 bits per heavy atom. The Morgan fingerprint density at radius 3 is 2.32 bits per heavy atom. The molecule has 5 nitrogen and oxygen atoms in total. The van der Waals surface area contributed by atoms with Gasteiger partial charge in [0.15, 0.2) is 28.8 Å². The Morgan fingerprint density at radius 2 is 1.72 bits per heavy atom. The first kappa shape index (κ1) is 18.3. The summed E-state index contributed by atoms with van der Waals surface area (Å²) in [5.41, 5.74) is 0.837. The van der Waals surface area contributed by atoms with Crippen molar-refractivity contribution in [2.75, 3.05) is 14.2 Å². The number of hydrogen-bond acceptors (Lipinski definition) is 5. The van der Waals surface area contributed by atoms with Crippen LogP contribution in [-0.2, 0) is 0 Å². The van der Waals surface area contributed by atoms with Gasteiger partial charge < -0.3 is 19.3 Å². The largest absolute Gasteiger partial charge is 0.504 e. The Balaban J connectivity index is 2.18. The molecule has 0 aliphatic rings. The van der Waals surface area contributed by atoms with E-state index in [1.165, 1.54) is 50.6 Å². The summed E-state index contributed by atoms with van der Waals surface area (Å²) in [5, 5.41) is 9.71. The fraction of sp³-hybridized carbons (Fsp3) is 0.167. The number of hydrogen-bond donors (Lipinski definition) is 1. The predicted molar refractivity (Wildman–Crippen MR) is 87.6 cm³/mol. The van der Waals surface area contributed by atoms with E-state index in [1.807, 2.05) is 0 Å². The molecule has 0 saturated heterocycles. The van der Waals surface area contributed by atoms with E-state index in [9.17, 15) is 18.7 Å². The van der Waals surface area contributed by atoms with E-state index >= 15 is 0 Å². The van der Waals surface area contributed by atoms with Crippen LogP contribution in [0.25, 0.3) is 6.08 Å². The highest BCUT2D eigenvalue weighted by molar-refractivity contribution is 6.07. The average Bonchev–Trinajstić information content (AvgIpc) is 2.59. The number of carbonyl (C=O) groups excluding carboxylic acids is 1. The molecule has 25 heavy (non-hydrogen) atoms. The number of methoxy groups -OCH3 is 2. The molecule has 2 rings (SSSR count). The normalized spacial score (nSPS) is 10.9. The number of phenols is 1. The van der Waals surface area contributed by atoms with Crippen molar-refractivity contribution in [2.45, 2.75) is 6.61 Å². The maximum absolute atomic E-state index is 12.3. The molecule has 0 atom stereocenters. The van der Waals surface area contributed by atoms with Crippen molar-refractivity contribution in [1.82, 2.24) is 0 Å². The summed E-state index contributed by atoms with van der Waals surface area (Å²) in [4.78, 5) is 12.2. The molecule has 0 radical (unpaired) electrons. The van der Waals surface area contributed by atoms with Gasteiger partial charge in [-0.15, -0.1) is 0 Å². The van der Waals surface area contributed by atoms with Crippen LogP contribution in [0.2, 0.25) is 0 Å².